The molecule has 0 aliphatic heterocycles. The van der Waals surface area contributed by atoms with Crippen molar-refractivity contribution in [2.24, 2.45) is 4.99 Å². The molecule has 1 nitrogen and oxygen atoms in total. The molecule has 110 valence electrons. The quantitative estimate of drug-likeness (QED) is 0.666. The second kappa shape index (κ2) is 6.26. The summed E-state index contributed by atoms with van der Waals surface area (Å²) < 4.78 is 0. The number of benzene rings is 2. The van der Waals surface area contributed by atoms with Crippen LogP contribution in [0.2, 0.25) is 0 Å². The molecule has 0 N–H and O–H groups in total. The highest BCUT2D eigenvalue weighted by atomic mass is 14.8. The standard InChI is InChI=1S/C20H25N/c1-13-7-8-19(15(3)9-13)18(6)21-12-20-16(4)10-14(2)11-17(20)5/h7-12,18H,1-6H3. The zero-order valence-corrected chi connectivity index (χ0v) is 14.0. The predicted octanol–water partition coefficient (Wildman–Crippen LogP) is 5.41. The summed E-state index contributed by atoms with van der Waals surface area (Å²) in [5.74, 6) is 0. The SMILES string of the molecule is Cc1ccc(C(C)N=Cc2c(C)cc(C)cc2C)c(C)c1. The summed E-state index contributed by atoms with van der Waals surface area (Å²) in [6.07, 6.45) is 2.04. The molecule has 1 unspecified atom stereocenters. The van der Waals surface area contributed by atoms with Crippen LogP contribution in [0.1, 0.15) is 51.9 Å². The Morgan fingerprint density at radius 1 is 0.810 bits per heavy atom. The monoisotopic (exact) mass is 279 g/mol. The zero-order chi connectivity index (χ0) is 15.6. The first-order valence-electron chi connectivity index (χ1n) is 7.56. The van der Waals surface area contributed by atoms with Crippen LogP contribution in [-0.4, -0.2) is 6.21 Å². The molecule has 0 saturated carbocycles. The largest absolute Gasteiger partial charge is 0.285 e. The molecule has 0 aliphatic carbocycles. The van der Waals surface area contributed by atoms with Gasteiger partial charge in [0.05, 0.1) is 6.04 Å². The van der Waals surface area contributed by atoms with Crippen LogP contribution in [0.3, 0.4) is 0 Å². The van der Waals surface area contributed by atoms with Gasteiger partial charge in [-0.2, -0.15) is 0 Å². The van der Waals surface area contributed by atoms with E-state index >= 15 is 0 Å². The summed E-state index contributed by atoms with van der Waals surface area (Å²) in [5, 5.41) is 0. The highest BCUT2D eigenvalue weighted by Crippen LogP contribution is 2.22. The summed E-state index contributed by atoms with van der Waals surface area (Å²) in [6.45, 7) is 12.9. The molecule has 0 amide bonds. The third-order valence-corrected chi connectivity index (χ3v) is 4.04. The second-order valence-electron chi connectivity index (χ2n) is 6.13. The van der Waals surface area contributed by atoms with Gasteiger partial charge in [-0.05, 0) is 69.4 Å². The molecule has 0 bridgehead atoms. The minimum Gasteiger partial charge on any atom is -0.285 e. The van der Waals surface area contributed by atoms with E-state index in [-0.39, 0.29) is 6.04 Å². The van der Waals surface area contributed by atoms with Gasteiger partial charge in [0.15, 0.2) is 0 Å². The van der Waals surface area contributed by atoms with E-state index in [1.165, 1.54) is 38.9 Å². The van der Waals surface area contributed by atoms with Gasteiger partial charge < -0.3 is 0 Å². The van der Waals surface area contributed by atoms with Gasteiger partial charge in [0.25, 0.3) is 0 Å². The van der Waals surface area contributed by atoms with Crippen molar-refractivity contribution in [3.8, 4) is 0 Å². The first-order chi connectivity index (χ1) is 9.88. The lowest BCUT2D eigenvalue weighted by molar-refractivity contribution is 0.816. The third kappa shape index (κ3) is 3.60. The fourth-order valence-corrected chi connectivity index (χ4v) is 2.96. The highest BCUT2D eigenvalue weighted by molar-refractivity contribution is 5.84. The number of hydrogen-bond acceptors (Lipinski definition) is 1. The number of aryl methyl sites for hydroxylation is 5. The molecule has 2 aromatic carbocycles. The number of hydrogen-bond donors (Lipinski definition) is 0. The predicted molar refractivity (Wildman–Crippen MR) is 92.6 cm³/mol. The Morgan fingerprint density at radius 3 is 1.95 bits per heavy atom. The van der Waals surface area contributed by atoms with Gasteiger partial charge in [-0.1, -0.05) is 41.5 Å². The maximum absolute atomic E-state index is 4.78. The Balaban J connectivity index is 2.29. The van der Waals surface area contributed by atoms with E-state index in [9.17, 15) is 0 Å². The van der Waals surface area contributed by atoms with Crippen molar-refractivity contribution in [2.75, 3.05) is 0 Å². The van der Waals surface area contributed by atoms with Crippen molar-refractivity contribution in [2.45, 2.75) is 47.6 Å². The van der Waals surface area contributed by atoms with Crippen LogP contribution >= 0.6 is 0 Å². The van der Waals surface area contributed by atoms with E-state index in [0.29, 0.717) is 0 Å². The molecule has 0 radical (unpaired) electrons. The van der Waals surface area contributed by atoms with Crippen molar-refractivity contribution in [3.05, 3.63) is 69.3 Å². The van der Waals surface area contributed by atoms with Crippen LogP contribution in [0.25, 0.3) is 0 Å². The second-order valence-corrected chi connectivity index (χ2v) is 6.13. The van der Waals surface area contributed by atoms with Crippen molar-refractivity contribution in [1.82, 2.24) is 0 Å². The molecule has 0 heterocycles. The van der Waals surface area contributed by atoms with Gasteiger partial charge in [-0.3, -0.25) is 4.99 Å². The van der Waals surface area contributed by atoms with Crippen LogP contribution in [0.15, 0.2) is 35.3 Å². The Hall–Kier alpha value is -1.89. The molecule has 2 aromatic rings. The molecule has 1 atom stereocenters. The Kier molecular flexibility index (Phi) is 4.62. The summed E-state index contributed by atoms with van der Waals surface area (Å²) >= 11 is 0. The smallest absolute Gasteiger partial charge is 0.0723 e. The minimum absolute atomic E-state index is 0.186. The number of aliphatic imine (C=N–C) groups is 1. The minimum atomic E-state index is 0.186. The van der Waals surface area contributed by atoms with Crippen molar-refractivity contribution < 1.29 is 0 Å². The summed E-state index contributed by atoms with van der Waals surface area (Å²) in [6, 6.07) is 11.2. The molecular weight excluding hydrogens is 254 g/mol. The van der Waals surface area contributed by atoms with E-state index in [1.807, 2.05) is 6.21 Å². The van der Waals surface area contributed by atoms with Crippen molar-refractivity contribution in [1.29, 1.82) is 0 Å². The molecule has 0 spiro atoms. The van der Waals surface area contributed by atoms with Crippen LogP contribution in [0, 0.1) is 34.6 Å². The maximum atomic E-state index is 4.78. The zero-order valence-electron chi connectivity index (χ0n) is 14.0. The fourth-order valence-electron chi connectivity index (χ4n) is 2.96. The molecule has 0 aliphatic rings. The highest BCUT2D eigenvalue weighted by Gasteiger charge is 2.07. The van der Waals surface area contributed by atoms with Gasteiger partial charge in [0, 0.05) is 6.21 Å². The van der Waals surface area contributed by atoms with Crippen LogP contribution < -0.4 is 0 Å². The lowest BCUT2D eigenvalue weighted by Crippen LogP contribution is -1.98. The first kappa shape index (κ1) is 15.5. The topological polar surface area (TPSA) is 12.4 Å². The Labute approximate surface area is 128 Å². The molecule has 0 aromatic heterocycles. The normalized spacial score (nSPS) is 12.9. The van der Waals surface area contributed by atoms with E-state index in [1.54, 1.807) is 0 Å². The molecular formula is C20H25N. The van der Waals surface area contributed by atoms with Gasteiger partial charge in [-0.15, -0.1) is 0 Å². The number of rotatable bonds is 3. The molecule has 2 rings (SSSR count). The van der Waals surface area contributed by atoms with Crippen LogP contribution in [0.5, 0.6) is 0 Å². The van der Waals surface area contributed by atoms with E-state index in [4.69, 9.17) is 4.99 Å². The summed E-state index contributed by atoms with van der Waals surface area (Å²) in [4.78, 5) is 4.78. The molecule has 21 heavy (non-hydrogen) atoms. The molecule has 0 fully saturated rings. The van der Waals surface area contributed by atoms with E-state index in [2.05, 4.69) is 71.9 Å². The first-order valence-corrected chi connectivity index (χ1v) is 7.56. The third-order valence-electron chi connectivity index (χ3n) is 4.04. The average molecular weight is 279 g/mol. The van der Waals surface area contributed by atoms with Gasteiger partial charge in [-0.25, -0.2) is 0 Å². The maximum Gasteiger partial charge on any atom is 0.0723 e. The average Bonchev–Trinajstić information content (AvgIpc) is 2.36. The van der Waals surface area contributed by atoms with Crippen molar-refractivity contribution >= 4 is 6.21 Å². The van der Waals surface area contributed by atoms with Crippen LogP contribution in [0.4, 0.5) is 0 Å². The lowest BCUT2D eigenvalue weighted by Gasteiger charge is -2.12. The van der Waals surface area contributed by atoms with Crippen molar-refractivity contribution in [3.63, 3.8) is 0 Å². The van der Waals surface area contributed by atoms with Gasteiger partial charge >= 0.3 is 0 Å². The van der Waals surface area contributed by atoms with Crippen LogP contribution in [-0.2, 0) is 0 Å². The molecule has 0 saturated heterocycles. The summed E-state index contributed by atoms with van der Waals surface area (Å²) in [7, 11) is 0. The summed E-state index contributed by atoms with van der Waals surface area (Å²) in [5.41, 5.74) is 9.07. The fraction of sp³-hybridized carbons (Fsp3) is 0.350. The Bertz CT molecular complexity index is 657. The number of nitrogens with zero attached hydrogens (tertiary/aromatic N) is 1. The Morgan fingerprint density at radius 2 is 1.38 bits per heavy atom. The van der Waals surface area contributed by atoms with E-state index < -0.39 is 0 Å². The molecule has 1 heteroatoms. The van der Waals surface area contributed by atoms with E-state index in [0.717, 1.165) is 0 Å². The lowest BCUT2D eigenvalue weighted by atomic mass is 9.99. The van der Waals surface area contributed by atoms with Gasteiger partial charge in [0.2, 0.25) is 0 Å². The van der Waals surface area contributed by atoms with Gasteiger partial charge in [0.1, 0.15) is 0 Å².